The van der Waals surface area contributed by atoms with Crippen LogP contribution in [0, 0.1) is 13.8 Å². The molecule has 0 aromatic heterocycles. The second kappa shape index (κ2) is 12.8. The molecular weight excluding hydrogens is 526 g/mol. The third-order valence-electron chi connectivity index (χ3n) is 6.20. The number of rotatable bonds is 10. The number of benzene rings is 3. The van der Waals surface area contributed by atoms with Crippen molar-refractivity contribution in [2.24, 2.45) is 0 Å². The minimum absolute atomic E-state index is 0.194. The highest BCUT2D eigenvalue weighted by atomic mass is 16.5. The zero-order chi connectivity index (χ0) is 29.5. The maximum Gasteiger partial charge on any atom is 0.335 e. The minimum Gasteiger partial charge on any atom is -0.493 e. The van der Waals surface area contributed by atoms with Crippen molar-refractivity contribution in [2.75, 3.05) is 30.5 Å². The Labute approximate surface area is 237 Å². The molecule has 10 nitrogen and oxygen atoms in total. The van der Waals surface area contributed by atoms with Gasteiger partial charge in [0.05, 0.1) is 19.4 Å². The Morgan fingerprint density at radius 3 is 2.46 bits per heavy atom. The van der Waals surface area contributed by atoms with Crippen molar-refractivity contribution >= 4 is 41.2 Å². The molecule has 2 N–H and O–H groups in total. The number of barbiturate groups is 1. The van der Waals surface area contributed by atoms with E-state index in [0.29, 0.717) is 29.4 Å². The Morgan fingerprint density at radius 1 is 0.951 bits per heavy atom. The number of nitrogens with one attached hydrogen (secondary N) is 2. The third kappa shape index (κ3) is 6.73. The van der Waals surface area contributed by atoms with Gasteiger partial charge in [-0.25, -0.2) is 9.69 Å². The van der Waals surface area contributed by atoms with E-state index in [1.807, 2.05) is 39.0 Å². The fourth-order valence-corrected chi connectivity index (χ4v) is 4.19. The van der Waals surface area contributed by atoms with Crippen LogP contribution in [0.25, 0.3) is 6.08 Å². The quantitative estimate of drug-likeness (QED) is 0.272. The van der Waals surface area contributed by atoms with E-state index in [-0.39, 0.29) is 29.5 Å². The van der Waals surface area contributed by atoms with E-state index in [2.05, 4.69) is 10.6 Å². The van der Waals surface area contributed by atoms with Crippen molar-refractivity contribution in [1.29, 1.82) is 0 Å². The van der Waals surface area contributed by atoms with Crippen molar-refractivity contribution in [1.82, 2.24) is 5.32 Å². The van der Waals surface area contributed by atoms with Gasteiger partial charge in [0.15, 0.2) is 18.1 Å². The number of anilines is 2. The van der Waals surface area contributed by atoms with E-state index in [9.17, 15) is 19.2 Å². The highest BCUT2D eigenvalue weighted by molar-refractivity contribution is 6.39. The van der Waals surface area contributed by atoms with E-state index in [1.165, 1.54) is 25.3 Å². The van der Waals surface area contributed by atoms with Crippen LogP contribution in [0.2, 0.25) is 0 Å². The van der Waals surface area contributed by atoms with Crippen LogP contribution in [-0.2, 0) is 14.4 Å². The summed E-state index contributed by atoms with van der Waals surface area (Å²) in [6.45, 7) is 6.00. The fourth-order valence-electron chi connectivity index (χ4n) is 4.19. The first kappa shape index (κ1) is 28.9. The van der Waals surface area contributed by atoms with E-state index < -0.39 is 17.8 Å². The first-order valence-corrected chi connectivity index (χ1v) is 13.0. The molecule has 0 saturated carbocycles. The van der Waals surface area contributed by atoms with Gasteiger partial charge in [-0.3, -0.25) is 19.7 Å². The molecule has 0 unspecified atom stereocenters. The second-order valence-corrected chi connectivity index (χ2v) is 9.33. The summed E-state index contributed by atoms with van der Waals surface area (Å²) in [4.78, 5) is 52.3. The number of amides is 5. The first-order valence-electron chi connectivity index (χ1n) is 13.0. The highest BCUT2D eigenvalue weighted by Crippen LogP contribution is 2.34. The summed E-state index contributed by atoms with van der Waals surface area (Å²) in [5.74, 6) is -0.986. The molecule has 10 heteroatoms. The summed E-state index contributed by atoms with van der Waals surface area (Å²) in [7, 11) is 1.45. The first-order chi connectivity index (χ1) is 19.7. The van der Waals surface area contributed by atoms with E-state index in [0.717, 1.165) is 22.4 Å². The van der Waals surface area contributed by atoms with Gasteiger partial charge in [-0.1, -0.05) is 42.8 Å². The number of methoxy groups -OCH3 is 1. The molecule has 3 aromatic carbocycles. The molecule has 4 rings (SSSR count). The van der Waals surface area contributed by atoms with Crippen LogP contribution in [0.15, 0.2) is 66.2 Å². The smallest absolute Gasteiger partial charge is 0.335 e. The number of carbonyl (C=O) groups excluding carboxylic acids is 4. The number of ether oxygens (including phenoxy) is 3. The lowest BCUT2D eigenvalue weighted by Crippen LogP contribution is -2.54. The Morgan fingerprint density at radius 2 is 1.73 bits per heavy atom. The number of hydrogen-bond donors (Lipinski definition) is 2. The summed E-state index contributed by atoms with van der Waals surface area (Å²) in [5, 5.41) is 5.02. The average molecular weight is 558 g/mol. The van der Waals surface area contributed by atoms with E-state index in [1.54, 1.807) is 30.3 Å². The summed E-state index contributed by atoms with van der Waals surface area (Å²) < 4.78 is 16.8. The van der Waals surface area contributed by atoms with Crippen LogP contribution in [0.1, 0.15) is 30.0 Å². The lowest BCUT2D eigenvalue weighted by atomic mass is 10.1. The molecule has 3 aromatic rings. The molecule has 212 valence electrons. The number of hydrogen-bond acceptors (Lipinski definition) is 7. The molecule has 1 heterocycles. The maximum atomic E-state index is 13.4. The van der Waals surface area contributed by atoms with Crippen LogP contribution in [-0.4, -0.2) is 44.1 Å². The molecular formula is C31H31N3O7. The number of aryl methyl sites for hydroxylation is 2. The number of para-hydroxylation sites is 1. The summed E-state index contributed by atoms with van der Waals surface area (Å²) in [5.41, 5.74) is 2.96. The molecule has 0 radical (unpaired) electrons. The monoisotopic (exact) mass is 557 g/mol. The Kier molecular flexibility index (Phi) is 9.03. The van der Waals surface area contributed by atoms with Gasteiger partial charge in [-0.2, -0.15) is 0 Å². The molecule has 0 atom stereocenters. The Balaban J connectivity index is 1.55. The van der Waals surface area contributed by atoms with Gasteiger partial charge >= 0.3 is 6.03 Å². The number of nitrogens with zero attached hydrogens (tertiary/aromatic N) is 1. The fraction of sp³-hybridized carbons (Fsp3) is 0.226. The molecule has 41 heavy (non-hydrogen) atoms. The van der Waals surface area contributed by atoms with Crippen molar-refractivity contribution < 1.29 is 33.4 Å². The second-order valence-electron chi connectivity index (χ2n) is 9.33. The lowest BCUT2D eigenvalue weighted by molar-refractivity contribution is -0.122. The molecule has 1 fully saturated rings. The summed E-state index contributed by atoms with van der Waals surface area (Å²) in [6.07, 6.45) is 2.11. The van der Waals surface area contributed by atoms with Crippen molar-refractivity contribution in [2.45, 2.75) is 27.2 Å². The van der Waals surface area contributed by atoms with E-state index >= 15 is 0 Å². The van der Waals surface area contributed by atoms with Crippen LogP contribution in [0.5, 0.6) is 17.2 Å². The topological polar surface area (TPSA) is 123 Å². The molecule has 1 aliphatic rings. The van der Waals surface area contributed by atoms with Gasteiger partial charge in [-0.15, -0.1) is 0 Å². The lowest BCUT2D eigenvalue weighted by Gasteiger charge is -2.27. The van der Waals surface area contributed by atoms with Gasteiger partial charge in [0.1, 0.15) is 11.3 Å². The zero-order valence-corrected chi connectivity index (χ0v) is 23.3. The SMILES string of the molecule is CCCOc1ccc(N2C(=O)NC(=O)/C(=C/c3ccccc3OCC(=O)Nc3ccc(C)cc3C)C2=O)cc1OC. The van der Waals surface area contributed by atoms with Gasteiger partial charge in [0, 0.05) is 17.3 Å². The van der Waals surface area contributed by atoms with Crippen molar-refractivity contribution in [3.63, 3.8) is 0 Å². The zero-order valence-electron chi connectivity index (χ0n) is 23.3. The summed E-state index contributed by atoms with van der Waals surface area (Å²) >= 11 is 0. The van der Waals surface area contributed by atoms with Gasteiger partial charge in [-0.05, 0) is 56.2 Å². The number of carbonyl (C=O) groups is 4. The van der Waals surface area contributed by atoms with E-state index in [4.69, 9.17) is 14.2 Å². The molecule has 0 bridgehead atoms. The van der Waals surface area contributed by atoms with Crippen molar-refractivity contribution in [3.8, 4) is 17.2 Å². The molecule has 1 saturated heterocycles. The standard InChI is InChI=1S/C31H31N3O7/c1-5-14-40-26-13-11-22(17-27(26)39-4)34-30(37)23(29(36)33-31(34)38)16-21-8-6-7-9-25(21)41-18-28(35)32-24-12-10-19(2)15-20(24)3/h6-13,15-17H,5,14,18H2,1-4H3,(H,32,35)(H,33,36,38)/b23-16-. The van der Waals surface area contributed by atoms with Crippen LogP contribution >= 0.6 is 0 Å². The van der Waals surface area contributed by atoms with Gasteiger partial charge in [0.2, 0.25) is 0 Å². The highest BCUT2D eigenvalue weighted by Gasteiger charge is 2.37. The molecule has 5 amide bonds. The maximum absolute atomic E-state index is 13.4. The van der Waals surface area contributed by atoms with Crippen LogP contribution in [0.3, 0.4) is 0 Å². The third-order valence-corrected chi connectivity index (χ3v) is 6.20. The summed E-state index contributed by atoms with van der Waals surface area (Å²) in [6, 6.07) is 16.0. The predicted molar refractivity (Wildman–Crippen MR) is 154 cm³/mol. The Hall–Kier alpha value is -5.12. The predicted octanol–water partition coefficient (Wildman–Crippen LogP) is 4.78. The van der Waals surface area contributed by atoms with Gasteiger partial charge < -0.3 is 19.5 Å². The largest absolute Gasteiger partial charge is 0.493 e. The van der Waals surface area contributed by atoms with Crippen LogP contribution in [0.4, 0.5) is 16.2 Å². The normalized spacial score (nSPS) is 14.1. The van der Waals surface area contributed by atoms with Crippen molar-refractivity contribution in [3.05, 3.63) is 82.9 Å². The average Bonchev–Trinajstić information content (AvgIpc) is 2.95. The van der Waals surface area contributed by atoms with Gasteiger partial charge in [0.25, 0.3) is 17.7 Å². The molecule has 0 spiro atoms. The minimum atomic E-state index is -0.894. The molecule has 1 aliphatic heterocycles. The van der Waals surface area contributed by atoms with Crippen LogP contribution < -0.4 is 29.7 Å². The Bertz CT molecular complexity index is 1530. The molecule has 0 aliphatic carbocycles. The number of urea groups is 1. The number of imide groups is 2.